The van der Waals surface area contributed by atoms with Crippen molar-refractivity contribution in [1.29, 1.82) is 0 Å². The number of aromatic nitrogens is 1. The predicted octanol–water partition coefficient (Wildman–Crippen LogP) is 4.53. The highest BCUT2D eigenvalue weighted by Gasteiger charge is 2.34. The number of ether oxygens (including phenoxy) is 1. The van der Waals surface area contributed by atoms with E-state index in [-0.39, 0.29) is 24.3 Å². The Kier molecular flexibility index (Phi) is 7.40. The van der Waals surface area contributed by atoms with Gasteiger partial charge in [0.05, 0.1) is 42.3 Å². The monoisotopic (exact) mass is 489 g/mol. The average Bonchev–Trinajstić information content (AvgIpc) is 3.28. The number of amides is 1. The molecule has 0 spiro atoms. The van der Waals surface area contributed by atoms with Crippen molar-refractivity contribution in [1.82, 2.24) is 9.88 Å². The lowest BCUT2D eigenvalue weighted by Crippen LogP contribution is -2.41. The first-order valence-electron chi connectivity index (χ1n) is 10.6. The number of morpholine rings is 1. The molecular weight excluding hydrogens is 467 g/mol. The maximum atomic E-state index is 13.5. The van der Waals surface area contributed by atoms with Gasteiger partial charge in [-0.15, -0.1) is 11.3 Å². The summed E-state index contributed by atoms with van der Waals surface area (Å²) in [7, 11) is 0. The molecule has 1 N–H and O–H groups in total. The van der Waals surface area contributed by atoms with Gasteiger partial charge in [-0.3, -0.25) is 14.5 Å². The minimum Gasteiger partial charge on any atom is -0.379 e. The predicted molar refractivity (Wildman–Crippen MR) is 123 cm³/mol. The minimum atomic E-state index is -4.68. The summed E-state index contributed by atoms with van der Waals surface area (Å²) in [6, 6.07) is 12.6. The largest absolute Gasteiger partial charge is 0.418 e. The standard InChI is InChI=1S/C24H22F3N3O3S/c25-24(26,27)18-7-6-17(12-19(18)29-22(32)15-30-8-10-33-11-9-30)20(31)13-23-28-14-21(34-23)16-4-2-1-3-5-16/h1-7,12,14H,8-11,13,15H2,(H,29,32). The molecular formula is C24H22F3N3O3S. The molecule has 2 aromatic carbocycles. The number of hydrogen-bond donors (Lipinski definition) is 1. The number of ketones is 1. The van der Waals surface area contributed by atoms with Crippen molar-refractivity contribution >= 4 is 28.7 Å². The van der Waals surface area contributed by atoms with Crippen molar-refractivity contribution in [3.63, 3.8) is 0 Å². The zero-order valence-corrected chi connectivity index (χ0v) is 18.9. The Labute approximate surface area is 198 Å². The Hall–Kier alpha value is -3.08. The van der Waals surface area contributed by atoms with Crippen LogP contribution in [0.15, 0.2) is 54.7 Å². The van der Waals surface area contributed by atoms with Crippen molar-refractivity contribution in [2.75, 3.05) is 38.2 Å². The maximum Gasteiger partial charge on any atom is 0.418 e. The molecule has 0 atom stereocenters. The topological polar surface area (TPSA) is 71.5 Å². The van der Waals surface area contributed by atoms with E-state index < -0.39 is 23.3 Å². The molecule has 0 bridgehead atoms. The summed E-state index contributed by atoms with van der Waals surface area (Å²) in [5.74, 6) is -0.962. The number of nitrogens with zero attached hydrogens (tertiary/aromatic N) is 2. The second-order valence-electron chi connectivity index (χ2n) is 7.78. The van der Waals surface area contributed by atoms with Gasteiger partial charge in [-0.1, -0.05) is 36.4 Å². The van der Waals surface area contributed by atoms with Gasteiger partial charge in [-0.25, -0.2) is 4.98 Å². The first-order chi connectivity index (χ1) is 16.3. The molecule has 6 nitrogen and oxygen atoms in total. The fourth-order valence-corrected chi connectivity index (χ4v) is 4.51. The Bertz CT molecular complexity index is 1160. The third-order valence-electron chi connectivity index (χ3n) is 5.32. The minimum absolute atomic E-state index is 0.0516. The molecule has 1 aliphatic heterocycles. The highest BCUT2D eigenvalue weighted by molar-refractivity contribution is 7.15. The lowest BCUT2D eigenvalue weighted by Gasteiger charge is -2.26. The summed E-state index contributed by atoms with van der Waals surface area (Å²) < 4.78 is 45.8. The number of hydrogen-bond acceptors (Lipinski definition) is 6. The van der Waals surface area contributed by atoms with Crippen LogP contribution in [0.4, 0.5) is 18.9 Å². The van der Waals surface area contributed by atoms with E-state index in [1.807, 2.05) is 30.3 Å². The van der Waals surface area contributed by atoms with Crippen LogP contribution >= 0.6 is 11.3 Å². The van der Waals surface area contributed by atoms with Crippen LogP contribution in [-0.4, -0.2) is 54.4 Å². The van der Waals surface area contributed by atoms with Gasteiger partial charge in [0.25, 0.3) is 0 Å². The van der Waals surface area contributed by atoms with Gasteiger partial charge < -0.3 is 10.1 Å². The van der Waals surface area contributed by atoms with Gasteiger partial charge in [0.2, 0.25) is 5.91 Å². The summed E-state index contributed by atoms with van der Waals surface area (Å²) in [5, 5.41) is 2.90. The SMILES string of the molecule is O=C(CN1CCOCC1)Nc1cc(C(=O)Cc2ncc(-c3ccccc3)s2)ccc1C(F)(F)F. The number of benzene rings is 2. The fourth-order valence-electron chi connectivity index (χ4n) is 3.59. The van der Waals surface area contributed by atoms with Crippen molar-refractivity contribution in [2.45, 2.75) is 12.6 Å². The van der Waals surface area contributed by atoms with E-state index in [0.29, 0.717) is 31.3 Å². The number of thiazole rings is 1. The van der Waals surface area contributed by atoms with Crippen LogP contribution in [0.25, 0.3) is 10.4 Å². The van der Waals surface area contributed by atoms with Crippen molar-refractivity contribution in [3.8, 4) is 10.4 Å². The average molecular weight is 490 g/mol. The molecule has 1 amide bonds. The number of Topliss-reactive ketones (excluding diaryl/α,β-unsaturated/α-hetero) is 1. The molecule has 4 rings (SSSR count). The van der Waals surface area contributed by atoms with E-state index in [2.05, 4.69) is 10.3 Å². The zero-order chi connectivity index (χ0) is 24.1. The lowest BCUT2D eigenvalue weighted by atomic mass is 10.0. The molecule has 3 aromatic rings. The number of rotatable bonds is 7. The third-order valence-corrected chi connectivity index (χ3v) is 6.36. The van der Waals surface area contributed by atoms with Crippen LogP contribution in [0.1, 0.15) is 20.9 Å². The quantitative estimate of drug-likeness (QED) is 0.494. The summed E-state index contributed by atoms with van der Waals surface area (Å²) in [4.78, 5) is 32.2. The van der Waals surface area contributed by atoms with E-state index in [4.69, 9.17) is 4.74 Å². The summed E-state index contributed by atoms with van der Waals surface area (Å²) in [5.41, 5.74) is -0.384. The highest BCUT2D eigenvalue weighted by atomic mass is 32.1. The maximum absolute atomic E-state index is 13.5. The molecule has 1 aliphatic rings. The molecule has 1 fully saturated rings. The lowest BCUT2D eigenvalue weighted by molar-refractivity contribution is -0.137. The smallest absolute Gasteiger partial charge is 0.379 e. The van der Waals surface area contributed by atoms with E-state index in [0.717, 1.165) is 28.6 Å². The van der Waals surface area contributed by atoms with E-state index in [1.165, 1.54) is 11.3 Å². The Morgan fingerprint density at radius 1 is 1.09 bits per heavy atom. The van der Waals surface area contributed by atoms with Gasteiger partial charge in [0, 0.05) is 24.8 Å². The summed E-state index contributed by atoms with van der Waals surface area (Å²) in [6.07, 6.45) is -3.06. The molecule has 178 valence electrons. The molecule has 0 aliphatic carbocycles. The highest BCUT2D eigenvalue weighted by Crippen LogP contribution is 2.36. The van der Waals surface area contributed by atoms with Crippen molar-refractivity contribution in [3.05, 3.63) is 70.9 Å². The van der Waals surface area contributed by atoms with E-state index in [1.54, 1.807) is 11.1 Å². The third kappa shape index (κ3) is 6.07. The van der Waals surface area contributed by atoms with Crippen LogP contribution in [0.5, 0.6) is 0 Å². The van der Waals surface area contributed by atoms with Crippen LogP contribution in [-0.2, 0) is 22.1 Å². The molecule has 2 heterocycles. The first-order valence-corrected chi connectivity index (χ1v) is 11.5. The van der Waals surface area contributed by atoms with Crippen LogP contribution in [0, 0.1) is 0 Å². The fraction of sp³-hybridized carbons (Fsp3) is 0.292. The van der Waals surface area contributed by atoms with Crippen molar-refractivity contribution in [2.24, 2.45) is 0 Å². The molecule has 1 aromatic heterocycles. The number of carbonyl (C=O) groups is 2. The van der Waals surface area contributed by atoms with Crippen LogP contribution in [0.3, 0.4) is 0 Å². The molecule has 1 saturated heterocycles. The van der Waals surface area contributed by atoms with Gasteiger partial charge in [0.1, 0.15) is 5.01 Å². The number of alkyl halides is 3. The van der Waals surface area contributed by atoms with Crippen LogP contribution in [0.2, 0.25) is 0 Å². The number of carbonyl (C=O) groups excluding carboxylic acids is 2. The number of halogens is 3. The molecule has 10 heteroatoms. The van der Waals surface area contributed by atoms with E-state index >= 15 is 0 Å². The number of anilines is 1. The summed E-state index contributed by atoms with van der Waals surface area (Å²) >= 11 is 1.35. The van der Waals surface area contributed by atoms with Crippen LogP contribution < -0.4 is 5.32 Å². The molecule has 34 heavy (non-hydrogen) atoms. The summed E-state index contributed by atoms with van der Waals surface area (Å²) in [6.45, 7) is 1.93. The van der Waals surface area contributed by atoms with Gasteiger partial charge in [-0.2, -0.15) is 13.2 Å². The zero-order valence-electron chi connectivity index (χ0n) is 18.1. The van der Waals surface area contributed by atoms with Gasteiger partial charge in [0.15, 0.2) is 5.78 Å². The van der Waals surface area contributed by atoms with Crippen molar-refractivity contribution < 1.29 is 27.5 Å². The molecule has 0 saturated carbocycles. The molecule has 0 radical (unpaired) electrons. The van der Waals surface area contributed by atoms with E-state index in [9.17, 15) is 22.8 Å². The molecule has 0 unspecified atom stereocenters. The second kappa shape index (κ2) is 10.5. The Balaban J connectivity index is 1.50. The Morgan fingerprint density at radius 2 is 1.82 bits per heavy atom. The van der Waals surface area contributed by atoms with Gasteiger partial charge in [-0.05, 0) is 17.7 Å². The number of nitrogens with one attached hydrogen (secondary N) is 1. The van der Waals surface area contributed by atoms with Gasteiger partial charge >= 0.3 is 6.18 Å². The Morgan fingerprint density at radius 3 is 2.53 bits per heavy atom. The second-order valence-corrected chi connectivity index (χ2v) is 8.89. The first kappa shape index (κ1) is 24.1. The normalized spacial score (nSPS) is 14.7.